The van der Waals surface area contributed by atoms with E-state index in [9.17, 15) is 10.2 Å². The summed E-state index contributed by atoms with van der Waals surface area (Å²) in [6.07, 6.45) is 1.02. The lowest BCUT2D eigenvalue weighted by Crippen LogP contribution is -2.26. The highest BCUT2D eigenvalue weighted by molar-refractivity contribution is 4.70. The van der Waals surface area contributed by atoms with E-state index in [4.69, 9.17) is 5.11 Å². The maximum absolute atomic E-state index is 9.26. The molecule has 0 spiro atoms. The lowest BCUT2D eigenvalue weighted by atomic mass is 9.98. The Morgan fingerprint density at radius 2 is 1.91 bits per heavy atom. The van der Waals surface area contributed by atoms with Crippen molar-refractivity contribution in [1.29, 1.82) is 0 Å². The minimum Gasteiger partial charge on any atom is -0.396 e. The summed E-state index contributed by atoms with van der Waals surface area (Å²) in [6.45, 7) is 3.42. The van der Waals surface area contributed by atoms with Crippen LogP contribution in [0.15, 0.2) is 0 Å². The van der Waals surface area contributed by atoms with Gasteiger partial charge >= 0.3 is 0 Å². The molecule has 1 atom stereocenters. The molecule has 0 aromatic heterocycles. The number of hydrogen-bond donors (Lipinski definition) is 3. The molecule has 0 radical (unpaired) electrons. The third-order valence-corrected chi connectivity index (χ3v) is 1.43. The van der Waals surface area contributed by atoms with Gasteiger partial charge in [-0.25, -0.2) is 0 Å². The molecular weight excluding hydrogens is 144 g/mol. The van der Waals surface area contributed by atoms with Gasteiger partial charge in [-0.2, -0.15) is 0 Å². The van der Waals surface area contributed by atoms with Crippen molar-refractivity contribution in [2.24, 2.45) is 0 Å². The van der Waals surface area contributed by atoms with Crippen molar-refractivity contribution in [1.82, 2.24) is 0 Å². The first-order valence-electron chi connectivity index (χ1n) is 3.97. The van der Waals surface area contributed by atoms with Crippen molar-refractivity contribution in [3.63, 3.8) is 0 Å². The fraction of sp³-hybridized carbons (Fsp3) is 1.00. The van der Waals surface area contributed by atoms with Crippen molar-refractivity contribution in [3.8, 4) is 0 Å². The van der Waals surface area contributed by atoms with Gasteiger partial charge in [-0.15, -0.1) is 0 Å². The first-order valence-corrected chi connectivity index (χ1v) is 3.97. The zero-order valence-electron chi connectivity index (χ0n) is 7.25. The SMILES string of the molecule is CC(C)(O)CC(O)CCCO. The van der Waals surface area contributed by atoms with Gasteiger partial charge in [0.25, 0.3) is 0 Å². The molecule has 0 saturated heterocycles. The van der Waals surface area contributed by atoms with E-state index in [1.807, 2.05) is 0 Å². The van der Waals surface area contributed by atoms with Crippen LogP contribution in [0.2, 0.25) is 0 Å². The molecule has 3 nitrogen and oxygen atoms in total. The molecule has 0 fully saturated rings. The summed E-state index contributed by atoms with van der Waals surface area (Å²) in [5.41, 5.74) is -0.811. The Bertz CT molecular complexity index is 96.0. The predicted molar refractivity (Wildman–Crippen MR) is 43.2 cm³/mol. The Labute approximate surface area is 67.7 Å². The zero-order valence-corrected chi connectivity index (χ0v) is 7.25. The van der Waals surface area contributed by atoms with Gasteiger partial charge in [-0.05, 0) is 26.7 Å². The van der Waals surface area contributed by atoms with E-state index in [1.165, 1.54) is 0 Å². The maximum Gasteiger partial charge on any atom is 0.0616 e. The standard InChI is InChI=1S/C8H18O3/c1-8(2,11)6-7(10)4-3-5-9/h7,9-11H,3-6H2,1-2H3. The fourth-order valence-corrected chi connectivity index (χ4v) is 1.01. The molecule has 0 aromatic carbocycles. The second-order valence-electron chi connectivity index (χ2n) is 3.54. The third-order valence-electron chi connectivity index (χ3n) is 1.43. The van der Waals surface area contributed by atoms with Crippen LogP contribution in [-0.2, 0) is 0 Å². The van der Waals surface area contributed by atoms with Crippen LogP contribution in [0.3, 0.4) is 0 Å². The van der Waals surface area contributed by atoms with Crippen LogP contribution < -0.4 is 0 Å². The van der Waals surface area contributed by atoms with Crippen LogP contribution in [0.25, 0.3) is 0 Å². The molecule has 0 saturated carbocycles. The van der Waals surface area contributed by atoms with Crippen molar-refractivity contribution >= 4 is 0 Å². The fourth-order valence-electron chi connectivity index (χ4n) is 1.01. The molecule has 0 aliphatic carbocycles. The lowest BCUT2D eigenvalue weighted by Gasteiger charge is -2.20. The van der Waals surface area contributed by atoms with Gasteiger partial charge in [0.05, 0.1) is 11.7 Å². The molecule has 3 heteroatoms. The minimum absolute atomic E-state index is 0.100. The van der Waals surface area contributed by atoms with E-state index in [-0.39, 0.29) is 6.61 Å². The van der Waals surface area contributed by atoms with Gasteiger partial charge < -0.3 is 15.3 Å². The molecule has 11 heavy (non-hydrogen) atoms. The largest absolute Gasteiger partial charge is 0.396 e. The van der Waals surface area contributed by atoms with Crippen molar-refractivity contribution < 1.29 is 15.3 Å². The van der Waals surface area contributed by atoms with E-state index < -0.39 is 11.7 Å². The Hall–Kier alpha value is -0.120. The monoisotopic (exact) mass is 162 g/mol. The number of aliphatic hydroxyl groups excluding tert-OH is 2. The quantitative estimate of drug-likeness (QED) is 0.544. The summed E-state index contributed by atoms with van der Waals surface area (Å²) in [4.78, 5) is 0. The molecule has 0 bridgehead atoms. The van der Waals surface area contributed by atoms with Gasteiger partial charge in [0.15, 0.2) is 0 Å². The molecule has 0 amide bonds. The Morgan fingerprint density at radius 1 is 1.36 bits per heavy atom. The van der Waals surface area contributed by atoms with E-state index >= 15 is 0 Å². The van der Waals surface area contributed by atoms with Gasteiger partial charge in [-0.1, -0.05) is 0 Å². The van der Waals surface area contributed by atoms with Gasteiger partial charge in [0, 0.05) is 13.0 Å². The number of hydrogen-bond acceptors (Lipinski definition) is 3. The van der Waals surface area contributed by atoms with E-state index in [1.54, 1.807) is 13.8 Å². The third kappa shape index (κ3) is 7.78. The highest BCUT2D eigenvalue weighted by atomic mass is 16.3. The molecule has 0 aliphatic rings. The summed E-state index contributed by atoms with van der Waals surface area (Å²) in [7, 11) is 0. The maximum atomic E-state index is 9.26. The topological polar surface area (TPSA) is 60.7 Å². The highest BCUT2D eigenvalue weighted by Gasteiger charge is 2.17. The van der Waals surface area contributed by atoms with Crippen LogP contribution in [0.1, 0.15) is 33.1 Å². The second-order valence-corrected chi connectivity index (χ2v) is 3.54. The summed E-state index contributed by atoms with van der Waals surface area (Å²) in [5.74, 6) is 0. The first-order chi connectivity index (χ1) is 4.95. The molecule has 0 aliphatic heterocycles. The van der Waals surface area contributed by atoms with Crippen molar-refractivity contribution in [2.75, 3.05) is 6.61 Å². The minimum atomic E-state index is -0.811. The summed E-state index contributed by atoms with van der Waals surface area (Å²) < 4.78 is 0. The molecule has 0 rings (SSSR count). The van der Waals surface area contributed by atoms with Crippen molar-refractivity contribution in [2.45, 2.75) is 44.8 Å². The number of aliphatic hydroxyl groups is 3. The van der Waals surface area contributed by atoms with Crippen LogP contribution >= 0.6 is 0 Å². The summed E-state index contributed by atoms with van der Waals surface area (Å²) in [5, 5.41) is 26.9. The molecule has 0 heterocycles. The van der Waals surface area contributed by atoms with E-state index in [0.29, 0.717) is 19.3 Å². The average molecular weight is 162 g/mol. The Kier molecular flexibility index (Phi) is 4.65. The zero-order chi connectivity index (χ0) is 8.91. The van der Waals surface area contributed by atoms with E-state index in [0.717, 1.165) is 0 Å². The second kappa shape index (κ2) is 4.70. The van der Waals surface area contributed by atoms with Crippen LogP contribution in [0.4, 0.5) is 0 Å². The van der Waals surface area contributed by atoms with Crippen LogP contribution in [-0.4, -0.2) is 33.6 Å². The molecule has 1 unspecified atom stereocenters. The average Bonchev–Trinajstić information content (AvgIpc) is 1.79. The molecule has 3 N–H and O–H groups in total. The first kappa shape index (κ1) is 10.9. The van der Waals surface area contributed by atoms with Crippen LogP contribution in [0.5, 0.6) is 0 Å². The predicted octanol–water partition coefficient (Wildman–Crippen LogP) is 0.281. The normalized spacial score (nSPS) is 15.0. The van der Waals surface area contributed by atoms with Crippen molar-refractivity contribution in [3.05, 3.63) is 0 Å². The van der Waals surface area contributed by atoms with Crippen LogP contribution in [0, 0.1) is 0 Å². The summed E-state index contributed by atoms with van der Waals surface area (Å²) in [6, 6.07) is 0. The number of rotatable bonds is 5. The van der Waals surface area contributed by atoms with Gasteiger partial charge in [0.1, 0.15) is 0 Å². The molecule has 68 valence electrons. The van der Waals surface area contributed by atoms with E-state index in [2.05, 4.69) is 0 Å². The Morgan fingerprint density at radius 3 is 2.27 bits per heavy atom. The smallest absolute Gasteiger partial charge is 0.0616 e. The lowest BCUT2D eigenvalue weighted by molar-refractivity contribution is 0.0138. The van der Waals surface area contributed by atoms with Gasteiger partial charge in [-0.3, -0.25) is 0 Å². The highest BCUT2D eigenvalue weighted by Crippen LogP contribution is 2.13. The Balaban J connectivity index is 3.44. The summed E-state index contributed by atoms with van der Waals surface area (Å²) >= 11 is 0. The van der Waals surface area contributed by atoms with Gasteiger partial charge in [0.2, 0.25) is 0 Å². The molecule has 0 aromatic rings. The molecular formula is C8H18O3.